The van der Waals surface area contributed by atoms with Gasteiger partial charge in [0.05, 0.1) is 30.1 Å². The lowest BCUT2D eigenvalue weighted by atomic mass is 10.1. The molecule has 0 aliphatic heterocycles. The lowest BCUT2D eigenvalue weighted by Crippen LogP contribution is -2.38. The maximum absolute atomic E-state index is 12.1. The van der Waals surface area contributed by atoms with Crippen LogP contribution >= 0.6 is 0 Å². The Morgan fingerprint density at radius 3 is 2.24 bits per heavy atom. The van der Waals surface area contributed by atoms with E-state index in [4.69, 9.17) is 5.26 Å². The van der Waals surface area contributed by atoms with Crippen LogP contribution in [0, 0.1) is 18.3 Å². The number of carbonyl (C=O) groups excluding carboxylic acids is 1. The SMILES string of the molecule is Cc1ccc(C(=O)NCCN(c2ccc(C#N)cc2)S(C)(=O)=O)cc1. The fourth-order valence-electron chi connectivity index (χ4n) is 2.27. The summed E-state index contributed by atoms with van der Waals surface area (Å²) in [7, 11) is -3.51. The first-order valence-electron chi connectivity index (χ1n) is 7.64. The zero-order valence-corrected chi connectivity index (χ0v) is 14.9. The normalized spacial score (nSPS) is 10.8. The van der Waals surface area contributed by atoms with E-state index in [1.165, 1.54) is 4.31 Å². The number of benzene rings is 2. The molecule has 0 heterocycles. The number of sulfonamides is 1. The highest BCUT2D eigenvalue weighted by molar-refractivity contribution is 7.92. The number of hydrogen-bond donors (Lipinski definition) is 1. The van der Waals surface area contributed by atoms with Crippen molar-refractivity contribution in [3.05, 3.63) is 65.2 Å². The van der Waals surface area contributed by atoms with E-state index in [2.05, 4.69) is 5.32 Å². The van der Waals surface area contributed by atoms with E-state index in [1.807, 2.05) is 25.1 Å². The lowest BCUT2D eigenvalue weighted by Gasteiger charge is -2.22. The first-order chi connectivity index (χ1) is 11.8. The van der Waals surface area contributed by atoms with E-state index in [1.54, 1.807) is 36.4 Å². The van der Waals surface area contributed by atoms with Gasteiger partial charge >= 0.3 is 0 Å². The molecule has 0 fully saturated rings. The van der Waals surface area contributed by atoms with Gasteiger partial charge in [-0.3, -0.25) is 9.10 Å². The second-order valence-corrected chi connectivity index (χ2v) is 7.52. The van der Waals surface area contributed by atoms with Gasteiger partial charge in [0.1, 0.15) is 0 Å². The van der Waals surface area contributed by atoms with Crippen LogP contribution in [0.25, 0.3) is 0 Å². The van der Waals surface area contributed by atoms with Gasteiger partial charge in [0.2, 0.25) is 10.0 Å². The van der Waals surface area contributed by atoms with Crippen molar-refractivity contribution in [2.45, 2.75) is 6.92 Å². The van der Waals surface area contributed by atoms with Crippen molar-refractivity contribution in [1.82, 2.24) is 5.32 Å². The summed E-state index contributed by atoms with van der Waals surface area (Å²) in [5.41, 5.74) is 2.48. The summed E-state index contributed by atoms with van der Waals surface area (Å²) in [6.45, 7) is 2.20. The molecule has 0 bridgehead atoms. The number of rotatable bonds is 6. The largest absolute Gasteiger partial charge is 0.350 e. The van der Waals surface area contributed by atoms with Gasteiger partial charge < -0.3 is 5.32 Å². The Morgan fingerprint density at radius 1 is 1.12 bits per heavy atom. The molecule has 1 N–H and O–H groups in total. The molecule has 2 aromatic carbocycles. The van der Waals surface area contributed by atoms with Crippen molar-refractivity contribution in [2.24, 2.45) is 0 Å². The molecule has 0 radical (unpaired) electrons. The molecule has 0 aromatic heterocycles. The van der Waals surface area contributed by atoms with Crippen molar-refractivity contribution in [2.75, 3.05) is 23.7 Å². The summed E-state index contributed by atoms with van der Waals surface area (Å²) < 4.78 is 25.2. The van der Waals surface area contributed by atoms with Crippen LogP contribution in [0.3, 0.4) is 0 Å². The molecule has 25 heavy (non-hydrogen) atoms. The Bertz CT molecular complexity index is 883. The van der Waals surface area contributed by atoms with Crippen molar-refractivity contribution in [3.8, 4) is 6.07 Å². The van der Waals surface area contributed by atoms with E-state index < -0.39 is 10.0 Å². The molecular weight excluding hydrogens is 338 g/mol. The highest BCUT2D eigenvalue weighted by atomic mass is 32.2. The predicted octanol–water partition coefficient (Wildman–Crippen LogP) is 2.06. The molecular formula is C18H19N3O3S. The van der Waals surface area contributed by atoms with Crippen LogP contribution < -0.4 is 9.62 Å². The van der Waals surface area contributed by atoms with Gasteiger partial charge in [-0.15, -0.1) is 0 Å². The summed E-state index contributed by atoms with van der Waals surface area (Å²) in [6, 6.07) is 15.4. The third-order valence-electron chi connectivity index (χ3n) is 3.60. The molecule has 0 unspecified atom stereocenters. The van der Waals surface area contributed by atoms with Crippen LogP contribution in [-0.4, -0.2) is 33.7 Å². The highest BCUT2D eigenvalue weighted by Gasteiger charge is 2.17. The van der Waals surface area contributed by atoms with Crippen LogP contribution in [-0.2, 0) is 10.0 Å². The molecule has 7 heteroatoms. The summed E-state index contributed by atoms with van der Waals surface area (Å²) in [6.07, 6.45) is 1.10. The standard InChI is InChI=1S/C18H19N3O3S/c1-14-3-7-16(8-4-14)18(22)20-11-12-21(25(2,23)24)17-9-5-15(13-19)6-10-17/h3-10H,11-12H2,1-2H3,(H,20,22). The van der Waals surface area contributed by atoms with Crippen LogP contribution in [0.15, 0.2) is 48.5 Å². The lowest BCUT2D eigenvalue weighted by molar-refractivity contribution is 0.0955. The molecule has 0 aliphatic rings. The first kappa shape index (κ1) is 18.5. The summed E-state index contributed by atoms with van der Waals surface area (Å²) in [5, 5.41) is 11.5. The minimum Gasteiger partial charge on any atom is -0.350 e. The number of hydrogen-bond acceptors (Lipinski definition) is 4. The zero-order valence-electron chi connectivity index (χ0n) is 14.1. The van der Waals surface area contributed by atoms with E-state index in [9.17, 15) is 13.2 Å². The minimum absolute atomic E-state index is 0.0995. The molecule has 0 saturated heterocycles. The maximum atomic E-state index is 12.1. The fourth-order valence-corrected chi connectivity index (χ4v) is 3.19. The average molecular weight is 357 g/mol. The minimum atomic E-state index is -3.51. The number of nitriles is 1. The number of amides is 1. The number of carbonyl (C=O) groups is 1. The molecule has 1 amide bonds. The van der Waals surface area contributed by atoms with Crippen LogP contribution in [0.5, 0.6) is 0 Å². The molecule has 0 aliphatic carbocycles. The van der Waals surface area contributed by atoms with Crippen LogP contribution in [0.4, 0.5) is 5.69 Å². The topological polar surface area (TPSA) is 90.3 Å². The number of nitrogens with one attached hydrogen (secondary N) is 1. The summed E-state index contributed by atoms with van der Waals surface area (Å²) in [4.78, 5) is 12.1. The second kappa shape index (κ2) is 7.81. The number of anilines is 1. The Labute approximate surface area is 147 Å². The van der Waals surface area contributed by atoms with Crippen LogP contribution in [0.1, 0.15) is 21.5 Å². The van der Waals surface area contributed by atoms with E-state index in [0.29, 0.717) is 16.8 Å². The summed E-state index contributed by atoms with van der Waals surface area (Å²) in [5.74, 6) is -0.256. The van der Waals surface area contributed by atoms with Crippen molar-refractivity contribution >= 4 is 21.6 Å². The van der Waals surface area contributed by atoms with E-state index in [-0.39, 0.29) is 19.0 Å². The predicted molar refractivity (Wildman–Crippen MR) is 96.9 cm³/mol. The van der Waals surface area contributed by atoms with Gasteiger partial charge in [-0.1, -0.05) is 17.7 Å². The van der Waals surface area contributed by atoms with Gasteiger partial charge in [-0.05, 0) is 43.3 Å². The second-order valence-electron chi connectivity index (χ2n) is 5.62. The van der Waals surface area contributed by atoms with E-state index >= 15 is 0 Å². The zero-order chi connectivity index (χ0) is 18.4. The molecule has 2 rings (SSSR count). The van der Waals surface area contributed by atoms with Crippen molar-refractivity contribution in [1.29, 1.82) is 5.26 Å². The van der Waals surface area contributed by atoms with Gasteiger partial charge in [0, 0.05) is 12.1 Å². The molecule has 130 valence electrons. The fraction of sp³-hybridized carbons (Fsp3) is 0.222. The third kappa shape index (κ3) is 5.06. The Balaban J connectivity index is 2.04. The highest BCUT2D eigenvalue weighted by Crippen LogP contribution is 2.17. The molecule has 2 aromatic rings. The van der Waals surface area contributed by atoms with Gasteiger partial charge in [0.15, 0.2) is 0 Å². The molecule has 6 nitrogen and oxygen atoms in total. The van der Waals surface area contributed by atoms with Crippen molar-refractivity contribution in [3.63, 3.8) is 0 Å². The molecule has 0 saturated carbocycles. The monoisotopic (exact) mass is 357 g/mol. The van der Waals surface area contributed by atoms with Crippen molar-refractivity contribution < 1.29 is 13.2 Å². The quantitative estimate of drug-likeness (QED) is 0.857. The smallest absolute Gasteiger partial charge is 0.251 e. The number of aryl methyl sites for hydroxylation is 1. The number of nitrogens with zero attached hydrogens (tertiary/aromatic N) is 2. The van der Waals surface area contributed by atoms with E-state index in [0.717, 1.165) is 11.8 Å². The molecule has 0 spiro atoms. The Kier molecular flexibility index (Phi) is 5.78. The third-order valence-corrected chi connectivity index (χ3v) is 4.79. The molecule has 0 atom stereocenters. The Morgan fingerprint density at radius 2 is 1.72 bits per heavy atom. The van der Waals surface area contributed by atoms with Crippen LogP contribution in [0.2, 0.25) is 0 Å². The summed E-state index contributed by atoms with van der Waals surface area (Å²) >= 11 is 0. The van der Waals surface area contributed by atoms with Gasteiger partial charge in [0.25, 0.3) is 5.91 Å². The van der Waals surface area contributed by atoms with Gasteiger partial charge in [-0.25, -0.2) is 8.42 Å². The average Bonchev–Trinajstić information content (AvgIpc) is 2.58. The van der Waals surface area contributed by atoms with Gasteiger partial charge in [-0.2, -0.15) is 5.26 Å². The Hall–Kier alpha value is -2.85. The maximum Gasteiger partial charge on any atom is 0.251 e. The first-order valence-corrected chi connectivity index (χ1v) is 9.49.